The number of aromatic amines is 1. The van der Waals surface area contributed by atoms with Gasteiger partial charge in [0, 0.05) is 23.9 Å². The van der Waals surface area contributed by atoms with E-state index in [1.54, 1.807) is 61.5 Å². The first kappa shape index (κ1) is 34.7. The van der Waals surface area contributed by atoms with Crippen molar-refractivity contribution in [3.63, 3.8) is 0 Å². The smallest absolute Gasteiger partial charge is 0.330 e. The van der Waals surface area contributed by atoms with Gasteiger partial charge in [-0.1, -0.05) is 36.4 Å². The number of aromatic nitrogens is 2. The highest BCUT2D eigenvalue weighted by Crippen LogP contribution is 2.51. The fourth-order valence-corrected chi connectivity index (χ4v) is 6.87. The maximum Gasteiger partial charge on any atom is 0.330 e. The molecule has 0 spiro atoms. The molecule has 4 N–H and O–H groups in total. The lowest BCUT2D eigenvalue weighted by Crippen LogP contribution is -2.51. The van der Waals surface area contributed by atoms with Gasteiger partial charge < -0.3 is 29.2 Å². The molecular weight excluding hydrogens is 656 g/mol. The summed E-state index contributed by atoms with van der Waals surface area (Å²) in [7, 11) is 1.51. The minimum Gasteiger partial charge on any atom is -0.496 e. The number of rotatable bonds is 11. The molecule has 0 bridgehead atoms. The number of nitrogens with one attached hydrogen (secondary N) is 2. The Hall–Kier alpha value is -5.16. The fraction of sp³-hybridized carbons (Fsp3) is 0.412. The van der Waals surface area contributed by atoms with Crippen LogP contribution in [0, 0.1) is 11.8 Å². The molecule has 3 fully saturated rings. The highest BCUT2D eigenvalue weighted by molar-refractivity contribution is 6.23. The third-order valence-corrected chi connectivity index (χ3v) is 9.31. The molecule has 50 heavy (non-hydrogen) atoms. The molecule has 1 aromatic heterocycles. The summed E-state index contributed by atoms with van der Waals surface area (Å²) in [6.07, 6.45) is -5.32. The number of carbonyl (C=O) groups is 4. The normalized spacial score (nSPS) is 28.8. The van der Waals surface area contributed by atoms with E-state index in [0.29, 0.717) is 17.0 Å². The minimum absolute atomic E-state index is 0.291. The summed E-state index contributed by atoms with van der Waals surface area (Å²) >= 11 is 0. The maximum atomic E-state index is 13.9. The zero-order chi connectivity index (χ0) is 35.7. The number of imide groups is 1. The lowest BCUT2D eigenvalue weighted by Gasteiger charge is -2.31. The Morgan fingerprint density at radius 3 is 2.28 bits per heavy atom. The number of nitrogens with zero attached hydrogens (tertiary/aromatic N) is 2. The second-order valence-electron chi connectivity index (χ2n) is 12.5. The number of benzene rings is 2. The van der Waals surface area contributed by atoms with E-state index in [9.17, 15) is 39.0 Å². The van der Waals surface area contributed by atoms with Gasteiger partial charge in [0.1, 0.15) is 37.3 Å². The van der Waals surface area contributed by atoms with Crippen LogP contribution in [0.2, 0.25) is 0 Å². The molecule has 3 aliphatic rings. The maximum absolute atomic E-state index is 13.9. The van der Waals surface area contributed by atoms with Crippen LogP contribution in [-0.4, -0.2) is 87.7 Å². The van der Waals surface area contributed by atoms with E-state index >= 15 is 0 Å². The zero-order valence-corrected chi connectivity index (χ0v) is 27.1. The highest BCUT2D eigenvalue weighted by atomic mass is 16.6. The lowest BCUT2D eigenvalue weighted by atomic mass is 9.80. The summed E-state index contributed by atoms with van der Waals surface area (Å²) in [6.45, 7) is 0.919. The van der Waals surface area contributed by atoms with Crippen molar-refractivity contribution < 1.29 is 48.3 Å². The van der Waals surface area contributed by atoms with Crippen LogP contribution in [-0.2, 0) is 33.4 Å². The summed E-state index contributed by atoms with van der Waals surface area (Å²) in [6, 6.07) is 16.1. The third kappa shape index (κ3) is 6.45. The second-order valence-corrected chi connectivity index (χ2v) is 12.5. The number of hydrogen-bond acceptors (Lipinski definition) is 13. The van der Waals surface area contributed by atoms with Crippen molar-refractivity contribution in [1.82, 2.24) is 14.9 Å². The number of amides is 2. The molecule has 264 valence electrons. The van der Waals surface area contributed by atoms with E-state index in [1.165, 1.54) is 12.0 Å². The largest absolute Gasteiger partial charge is 0.496 e. The van der Waals surface area contributed by atoms with Gasteiger partial charge in [-0.05, 0) is 25.1 Å². The summed E-state index contributed by atoms with van der Waals surface area (Å²) in [5.74, 6) is -3.62. The van der Waals surface area contributed by atoms with Crippen molar-refractivity contribution >= 4 is 29.4 Å². The third-order valence-electron chi connectivity index (χ3n) is 9.31. The van der Waals surface area contributed by atoms with Gasteiger partial charge in [0.05, 0.1) is 43.0 Å². The summed E-state index contributed by atoms with van der Waals surface area (Å²) < 4.78 is 22.7. The molecule has 3 saturated heterocycles. The van der Waals surface area contributed by atoms with Crippen LogP contribution in [0.25, 0.3) is 0 Å². The Bertz CT molecular complexity index is 1900. The quantitative estimate of drug-likeness (QED) is 0.153. The number of fused-ring (bicyclic) bond motifs is 1. The van der Waals surface area contributed by atoms with Gasteiger partial charge in [0.25, 0.3) is 5.56 Å². The molecule has 2 amide bonds. The van der Waals surface area contributed by atoms with E-state index in [2.05, 4.69) is 5.32 Å². The Kier molecular flexibility index (Phi) is 9.71. The van der Waals surface area contributed by atoms with Crippen LogP contribution in [0.15, 0.2) is 76.4 Å². The van der Waals surface area contributed by atoms with Gasteiger partial charge >= 0.3 is 17.6 Å². The zero-order valence-electron chi connectivity index (χ0n) is 27.1. The fourth-order valence-electron chi connectivity index (χ4n) is 6.87. The van der Waals surface area contributed by atoms with Gasteiger partial charge in [-0.3, -0.25) is 38.8 Å². The Balaban J connectivity index is 1.07. The molecule has 3 aliphatic heterocycles. The number of para-hydroxylation sites is 2. The van der Waals surface area contributed by atoms with Gasteiger partial charge in [-0.15, -0.1) is 0 Å². The molecule has 16 nitrogen and oxygen atoms in total. The number of ether oxygens (including phenoxy) is 4. The van der Waals surface area contributed by atoms with E-state index in [4.69, 9.17) is 18.9 Å². The molecule has 0 saturated carbocycles. The molecule has 0 aliphatic carbocycles. The molecule has 4 heterocycles. The topological polar surface area (TPSA) is 216 Å². The van der Waals surface area contributed by atoms with E-state index < -0.39 is 96.0 Å². The number of carbonyl (C=O) groups excluding carboxylic acids is 4. The van der Waals surface area contributed by atoms with Crippen LogP contribution in [0.4, 0.5) is 5.69 Å². The van der Waals surface area contributed by atoms with Crippen LogP contribution in [0.5, 0.6) is 5.75 Å². The standard InChI is InChI=1S/C34H36N4O12/c1-34(17-49-24(41)13-12-23(40)48-16-21-28(42)29(43)32(50-21)37-15-14-22(39)35-33(37)46)26-25(27(36-34)19-10-6-7-11-20(19)47-2)30(44)38(31(26)45)18-8-4-3-5-9-18/h3-11,14-15,21,25-29,32,36,42-43H,12-13,16-17H2,1-2H3,(H,35,39,46)/t21-,25-,26-,27-,28-,29-,32-,34+/m1/s1. The first-order valence-corrected chi connectivity index (χ1v) is 15.9. The molecule has 8 atom stereocenters. The highest BCUT2D eigenvalue weighted by Gasteiger charge is 2.64. The molecular formula is C34H36N4O12. The molecule has 16 heteroatoms. The number of methoxy groups -OCH3 is 1. The summed E-state index contributed by atoms with van der Waals surface area (Å²) in [4.78, 5) is 79.8. The Morgan fingerprint density at radius 1 is 0.900 bits per heavy atom. The van der Waals surface area contributed by atoms with E-state index in [-0.39, 0.29) is 13.0 Å². The van der Waals surface area contributed by atoms with Gasteiger partial charge in [0.2, 0.25) is 11.8 Å². The van der Waals surface area contributed by atoms with Crippen molar-refractivity contribution in [1.29, 1.82) is 0 Å². The van der Waals surface area contributed by atoms with Crippen LogP contribution < -0.4 is 26.2 Å². The first-order valence-electron chi connectivity index (χ1n) is 15.9. The molecule has 0 unspecified atom stereocenters. The monoisotopic (exact) mass is 692 g/mol. The van der Waals surface area contributed by atoms with Crippen molar-refractivity contribution in [3.8, 4) is 5.75 Å². The number of aliphatic hydroxyl groups excluding tert-OH is 2. The average molecular weight is 693 g/mol. The molecule has 3 aromatic rings. The Morgan fingerprint density at radius 2 is 1.58 bits per heavy atom. The lowest BCUT2D eigenvalue weighted by molar-refractivity contribution is -0.155. The SMILES string of the molecule is COc1ccccc1[C@H]1N[C@@](C)(COC(=O)CCC(=O)OC[C@H]2O[C@@H](n3ccc(=O)[nH]c3=O)[C@H](O)[C@@H]2O)[C@H]2C(=O)N(c3ccccc3)C(=O)[C@@H]12. The van der Waals surface area contributed by atoms with E-state index in [1.807, 2.05) is 4.98 Å². The minimum atomic E-state index is -1.56. The van der Waals surface area contributed by atoms with Crippen LogP contribution >= 0.6 is 0 Å². The first-order chi connectivity index (χ1) is 23.9. The summed E-state index contributed by atoms with van der Waals surface area (Å²) in [5, 5.41) is 24.1. The number of aliphatic hydroxyl groups is 2. The molecule has 6 rings (SSSR count). The van der Waals surface area contributed by atoms with Crippen LogP contribution in [0.3, 0.4) is 0 Å². The van der Waals surface area contributed by atoms with Crippen molar-refractivity contribution in [3.05, 3.63) is 93.3 Å². The van der Waals surface area contributed by atoms with Gasteiger partial charge in [0.15, 0.2) is 6.23 Å². The Labute approximate surface area is 284 Å². The van der Waals surface area contributed by atoms with Crippen molar-refractivity contribution in [2.45, 2.75) is 55.9 Å². The van der Waals surface area contributed by atoms with Crippen molar-refractivity contribution in [2.24, 2.45) is 11.8 Å². The second kappa shape index (κ2) is 14.0. The number of esters is 2. The predicted molar refractivity (Wildman–Crippen MR) is 172 cm³/mol. The van der Waals surface area contributed by atoms with Crippen LogP contribution in [0.1, 0.15) is 37.6 Å². The van der Waals surface area contributed by atoms with Gasteiger partial charge in [-0.2, -0.15) is 0 Å². The van der Waals surface area contributed by atoms with Crippen molar-refractivity contribution in [2.75, 3.05) is 25.2 Å². The predicted octanol–water partition coefficient (Wildman–Crippen LogP) is -0.0600. The number of H-pyrrole nitrogens is 1. The molecule has 2 aromatic carbocycles. The van der Waals surface area contributed by atoms with E-state index in [0.717, 1.165) is 16.8 Å². The molecule has 0 radical (unpaired) electrons. The number of hydrogen-bond donors (Lipinski definition) is 4. The summed E-state index contributed by atoms with van der Waals surface area (Å²) in [5.41, 5.74) is -1.60. The van der Waals surface area contributed by atoms with Gasteiger partial charge in [-0.25, -0.2) is 9.69 Å². The average Bonchev–Trinajstić information content (AvgIpc) is 3.68. The number of anilines is 1.